The summed E-state index contributed by atoms with van der Waals surface area (Å²) in [7, 11) is 1.62. The highest BCUT2D eigenvalue weighted by Gasteiger charge is 2.20. The number of hydrogen-bond donors (Lipinski definition) is 4. The number of anilines is 2. The Kier molecular flexibility index (Phi) is 6.63. The molecule has 114 valence electrons. The molecule has 0 saturated heterocycles. The van der Waals surface area contributed by atoms with E-state index in [1.165, 1.54) is 0 Å². The number of nitrogens with two attached hydrogens (primary N) is 1. The Bertz CT molecular complexity index is 412. The molecule has 1 aromatic heterocycles. The number of aryl methyl sites for hydroxylation is 1. The molecule has 1 heterocycles. The van der Waals surface area contributed by atoms with Gasteiger partial charge in [0.15, 0.2) is 0 Å². The van der Waals surface area contributed by atoms with Crippen LogP contribution in [0.3, 0.4) is 0 Å². The van der Waals surface area contributed by atoms with Gasteiger partial charge in [-0.15, -0.1) is 0 Å². The SMILES string of the molecule is CCCc1nc(NN)cc(NCC(C)(O)CCOC)n1. The van der Waals surface area contributed by atoms with Crippen molar-refractivity contribution in [2.24, 2.45) is 5.84 Å². The maximum atomic E-state index is 10.2. The van der Waals surface area contributed by atoms with Crippen LogP contribution in [0.2, 0.25) is 0 Å². The summed E-state index contributed by atoms with van der Waals surface area (Å²) < 4.78 is 4.98. The first-order valence-corrected chi connectivity index (χ1v) is 6.80. The molecule has 0 aliphatic carbocycles. The summed E-state index contributed by atoms with van der Waals surface area (Å²) in [6.45, 7) is 4.71. The largest absolute Gasteiger partial charge is 0.388 e. The van der Waals surface area contributed by atoms with Crippen molar-refractivity contribution in [2.75, 3.05) is 31.0 Å². The van der Waals surface area contributed by atoms with Crippen LogP contribution < -0.4 is 16.6 Å². The number of methoxy groups -OCH3 is 1. The molecule has 0 bridgehead atoms. The third-order valence-corrected chi connectivity index (χ3v) is 2.89. The number of nitrogens with one attached hydrogen (secondary N) is 2. The van der Waals surface area contributed by atoms with Gasteiger partial charge in [0.1, 0.15) is 17.5 Å². The van der Waals surface area contributed by atoms with Crippen molar-refractivity contribution in [2.45, 2.75) is 38.7 Å². The standard InChI is InChI=1S/C13H25N5O2/c1-4-5-10-16-11(8-12(17-10)18-14)15-9-13(2,19)6-7-20-3/h8,19H,4-7,9,14H2,1-3H3,(H2,15,16,17,18). The lowest BCUT2D eigenvalue weighted by Gasteiger charge is -2.23. The summed E-state index contributed by atoms with van der Waals surface area (Å²) in [5.74, 6) is 7.33. The second-order valence-corrected chi connectivity index (χ2v) is 5.04. The van der Waals surface area contributed by atoms with E-state index < -0.39 is 5.60 Å². The zero-order chi connectivity index (χ0) is 15.0. The molecule has 0 aromatic carbocycles. The van der Waals surface area contributed by atoms with Crippen LogP contribution in [-0.2, 0) is 11.2 Å². The number of rotatable bonds is 9. The monoisotopic (exact) mass is 283 g/mol. The number of hydrazine groups is 1. The lowest BCUT2D eigenvalue weighted by atomic mass is 10.0. The molecule has 0 aliphatic rings. The van der Waals surface area contributed by atoms with E-state index in [2.05, 4.69) is 27.6 Å². The number of ether oxygens (including phenoxy) is 1. The molecule has 1 rings (SSSR count). The van der Waals surface area contributed by atoms with Gasteiger partial charge in [-0.3, -0.25) is 0 Å². The number of aromatic nitrogens is 2. The normalized spacial score (nSPS) is 13.8. The topological polar surface area (TPSA) is 105 Å². The third-order valence-electron chi connectivity index (χ3n) is 2.89. The summed E-state index contributed by atoms with van der Waals surface area (Å²) >= 11 is 0. The van der Waals surface area contributed by atoms with Crippen molar-refractivity contribution in [3.8, 4) is 0 Å². The Morgan fingerprint density at radius 3 is 2.70 bits per heavy atom. The molecule has 1 aromatic rings. The fourth-order valence-corrected chi connectivity index (χ4v) is 1.69. The number of aliphatic hydroxyl groups is 1. The quantitative estimate of drug-likeness (QED) is 0.394. The van der Waals surface area contributed by atoms with Crippen LogP contribution in [0.5, 0.6) is 0 Å². The average molecular weight is 283 g/mol. The van der Waals surface area contributed by atoms with E-state index in [4.69, 9.17) is 10.6 Å². The van der Waals surface area contributed by atoms with Gasteiger partial charge in [-0.2, -0.15) is 0 Å². The lowest BCUT2D eigenvalue weighted by molar-refractivity contribution is 0.0357. The molecule has 0 amide bonds. The zero-order valence-electron chi connectivity index (χ0n) is 12.4. The van der Waals surface area contributed by atoms with Crippen LogP contribution in [0.4, 0.5) is 11.6 Å². The van der Waals surface area contributed by atoms with Crippen LogP contribution in [0.15, 0.2) is 6.07 Å². The van der Waals surface area contributed by atoms with Crippen LogP contribution in [0.25, 0.3) is 0 Å². The minimum Gasteiger partial charge on any atom is -0.388 e. The van der Waals surface area contributed by atoms with Crippen molar-refractivity contribution in [1.29, 1.82) is 0 Å². The number of nitrogens with zero attached hydrogens (tertiary/aromatic N) is 2. The molecule has 1 atom stereocenters. The van der Waals surface area contributed by atoms with Crippen molar-refractivity contribution < 1.29 is 9.84 Å². The van der Waals surface area contributed by atoms with Gasteiger partial charge in [0.05, 0.1) is 5.60 Å². The molecule has 1 unspecified atom stereocenters. The van der Waals surface area contributed by atoms with Gasteiger partial charge >= 0.3 is 0 Å². The average Bonchev–Trinajstić information content (AvgIpc) is 2.43. The fraction of sp³-hybridized carbons (Fsp3) is 0.692. The van der Waals surface area contributed by atoms with Crippen molar-refractivity contribution >= 4 is 11.6 Å². The van der Waals surface area contributed by atoms with Crippen LogP contribution in [-0.4, -0.2) is 40.9 Å². The van der Waals surface area contributed by atoms with E-state index in [1.54, 1.807) is 20.1 Å². The summed E-state index contributed by atoms with van der Waals surface area (Å²) in [4.78, 5) is 8.66. The third kappa shape index (κ3) is 5.68. The maximum Gasteiger partial charge on any atom is 0.145 e. The van der Waals surface area contributed by atoms with Gasteiger partial charge in [0.25, 0.3) is 0 Å². The highest BCUT2D eigenvalue weighted by Crippen LogP contribution is 2.15. The smallest absolute Gasteiger partial charge is 0.145 e. The zero-order valence-corrected chi connectivity index (χ0v) is 12.4. The van der Waals surface area contributed by atoms with Gasteiger partial charge < -0.3 is 20.6 Å². The Hall–Kier alpha value is -1.44. The van der Waals surface area contributed by atoms with Crippen LogP contribution in [0.1, 0.15) is 32.5 Å². The highest BCUT2D eigenvalue weighted by molar-refractivity contribution is 5.47. The molecule has 0 fully saturated rings. The second-order valence-electron chi connectivity index (χ2n) is 5.04. The summed E-state index contributed by atoms with van der Waals surface area (Å²) in [5.41, 5.74) is 1.67. The second kappa shape index (κ2) is 7.98. The molecular formula is C13H25N5O2. The van der Waals surface area contributed by atoms with Crippen molar-refractivity contribution in [3.63, 3.8) is 0 Å². The molecule has 20 heavy (non-hydrogen) atoms. The van der Waals surface area contributed by atoms with E-state index in [0.29, 0.717) is 31.2 Å². The predicted molar refractivity (Wildman–Crippen MR) is 79.4 cm³/mol. The summed E-state index contributed by atoms with van der Waals surface area (Å²) in [6, 6.07) is 1.71. The van der Waals surface area contributed by atoms with Gasteiger partial charge in [-0.05, 0) is 13.3 Å². The number of nitrogen functional groups attached to an aromatic ring is 1. The van der Waals surface area contributed by atoms with E-state index in [0.717, 1.165) is 18.7 Å². The van der Waals surface area contributed by atoms with E-state index >= 15 is 0 Å². The maximum absolute atomic E-state index is 10.2. The van der Waals surface area contributed by atoms with Crippen LogP contribution >= 0.6 is 0 Å². The van der Waals surface area contributed by atoms with Gasteiger partial charge in [0, 0.05) is 39.2 Å². The van der Waals surface area contributed by atoms with Crippen LogP contribution in [0, 0.1) is 0 Å². The minimum absolute atomic E-state index is 0.378. The first-order chi connectivity index (χ1) is 9.50. The van der Waals surface area contributed by atoms with E-state index in [-0.39, 0.29) is 0 Å². The molecule has 0 radical (unpaired) electrons. The molecule has 5 N–H and O–H groups in total. The highest BCUT2D eigenvalue weighted by atomic mass is 16.5. The van der Waals surface area contributed by atoms with E-state index in [1.807, 2.05) is 0 Å². The van der Waals surface area contributed by atoms with E-state index in [9.17, 15) is 5.11 Å². The van der Waals surface area contributed by atoms with Gasteiger partial charge in [-0.25, -0.2) is 15.8 Å². The predicted octanol–water partition coefficient (Wildman–Crippen LogP) is 0.914. The summed E-state index contributed by atoms with van der Waals surface area (Å²) in [5, 5.41) is 13.3. The fourth-order valence-electron chi connectivity index (χ4n) is 1.69. The summed E-state index contributed by atoms with van der Waals surface area (Å²) in [6.07, 6.45) is 2.29. The molecule has 0 spiro atoms. The molecular weight excluding hydrogens is 258 g/mol. The van der Waals surface area contributed by atoms with Gasteiger partial charge in [-0.1, -0.05) is 6.92 Å². The Balaban J connectivity index is 2.68. The minimum atomic E-state index is -0.859. The van der Waals surface area contributed by atoms with Crippen molar-refractivity contribution in [3.05, 3.63) is 11.9 Å². The molecule has 0 saturated carbocycles. The molecule has 7 nitrogen and oxygen atoms in total. The lowest BCUT2D eigenvalue weighted by Crippen LogP contribution is -2.35. The first kappa shape index (κ1) is 16.6. The molecule has 7 heteroatoms. The Morgan fingerprint density at radius 1 is 1.40 bits per heavy atom. The first-order valence-electron chi connectivity index (χ1n) is 6.80. The Labute approximate surface area is 119 Å². The molecule has 0 aliphatic heterocycles. The Morgan fingerprint density at radius 2 is 2.10 bits per heavy atom. The van der Waals surface area contributed by atoms with Gasteiger partial charge in [0.2, 0.25) is 0 Å². The van der Waals surface area contributed by atoms with Crippen molar-refractivity contribution in [1.82, 2.24) is 9.97 Å². The number of hydrogen-bond acceptors (Lipinski definition) is 7.